The van der Waals surface area contributed by atoms with Gasteiger partial charge in [0.05, 0.1) is 0 Å². The van der Waals surface area contributed by atoms with Gasteiger partial charge in [-0.05, 0) is 12.8 Å². The van der Waals surface area contributed by atoms with Crippen LogP contribution in [-0.2, 0) is 0 Å². The second-order valence-corrected chi connectivity index (χ2v) is 7.35. The number of hydrogen-bond donors (Lipinski definition) is 0. The van der Waals surface area contributed by atoms with Gasteiger partial charge in [0.15, 0.2) is 0 Å². The maximum Gasteiger partial charge on any atom is 0.292 e. The molecule has 164 valence electrons. The fraction of sp³-hybridized carbons (Fsp3) is 1.00. The Morgan fingerprint density at radius 2 is 0.893 bits per heavy atom. The molecular formula is C18H36N4O6. The molecule has 0 aliphatic heterocycles. The van der Waals surface area contributed by atoms with Crippen LogP contribution in [0.5, 0.6) is 0 Å². The molecule has 2 atom stereocenters. The Kier molecular flexibility index (Phi) is 14.9. The molecule has 0 radical (unpaired) electrons. The molecule has 10 nitrogen and oxygen atoms in total. The average molecular weight is 405 g/mol. The van der Waals surface area contributed by atoms with E-state index in [1.165, 1.54) is 0 Å². The Bertz CT molecular complexity index is 445. The summed E-state index contributed by atoms with van der Waals surface area (Å²) in [4.78, 5) is 20.7. The molecule has 0 rings (SSSR count). The van der Waals surface area contributed by atoms with Gasteiger partial charge in [0.2, 0.25) is 0 Å². The zero-order chi connectivity index (χ0) is 21.4. The summed E-state index contributed by atoms with van der Waals surface area (Å²) < 4.78 is 0. The molecule has 0 spiro atoms. The number of unbranched alkanes of at least 4 members (excludes halogenated alkanes) is 8. The molecule has 0 heterocycles. The number of nitro groups is 2. The van der Waals surface area contributed by atoms with Crippen LogP contribution in [0.25, 0.3) is 0 Å². The van der Waals surface area contributed by atoms with Gasteiger partial charge >= 0.3 is 0 Å². The zero-order valence-corrected chi connectivity index (χ0v) is 17.3. The normalized spacial score (nSPS) is 14.4. The first-order valence-corrected chi connectivity index (χ1v) is 10.5. The first-order valence-electron chi connectivity index (χ1n) is 10.5. The zero-order valence-electron chi connectivity index (χ0n) is 17.3. The molecule has 28 heavy (non-hydrogen) atoms. The van der Waals surface area contributed by atoms with Crippen molar-refractivity contribution in [1.29, 1.82) is 0 Å². The predicted octanol–water partition coefficient (Wildman–Crippen LogP) is 4.47. The van der Waals surface area contributed by atoms with Gasteiger partial charge in [0.1, 0.15) is 0 Å². The molecule has 0 saturated carbocycles. The lowest BCUT2D eigenvalue weighted by Gasteiger charge is -2.15. The van der Waals surface area contributed by atoms with Gasteiger partial charge in [-0.25, -0.2) is 0 Å². The highest BCUT2D eigenvalue weighted by molar-refractivity contribution is 4.57. The minimum absolute atomic E-state index is 0.0723. The Morgan fingerprint density at radius 3 is 1.18 bits per heavy atom. The Hall–Kier alpha value is -2.00. The molecule has 0 fully saturated rings. The lowest BCUT2D eigenvalue weighted by Crippen LogP contribution is -2.40. The molecule has 0 bridgehead atoms. The van der Waals surface area contributed by atoms with Crippen LogP contribution < -0.4 is 0 Å². The van der Waals surface area contributed by atoms with Gasteiger partial charge in [-0.3, -0.25) is 20.2 Å². The van der Waals surface area contributed by atoms with Crippen molar-refractivity contribution in [3.63, 3.8) is 0 Å². The van der Waals surface area contributed by atoms with E-state index in [1.807, 2.05) is 0 Å². The first kappa shape index (κ1) is 26.0. The van der Waals surface area contributed by atoms with Crippen LogP contribution in [0, 0.1) is 30.6 Å². The lowest BCUT2D eigenvalue weighted by molar-refractivity contribution is -1.00. The molecule has 0 aliphatic rings. The van der Waals surface area contributed by atoms with E-state index in [1.54, 1.807) is 0 Å². The maximum absolute atomic E-state index is 12.5. The van der Waals surface area contributed by atoms with Crippen LogP contribution in [0.4, 0.5) is 0 Å². The molecule has 0 aromatic carbocycles. The van der Waals surface area contributed by atoms with Crippen LogP contribution in [-0.4, -0.2) is 44.7 Å². The number of hydrogen-bond acceptors (Lipinski definition) is 6. The van der Waals surface area contributed by atoms with Gasteiger partial charge in [-0.2, -0.15) is 0 Å². The maximum atomic E-state index is 12.5. The molecular weight excluding hydrogens is 368 g/mol. The number of rotatable bonds is 18. The van der Waals surface area contributed by atoms with Crippen LogP contribution in [0.2, 0.25) is 0 Å². The Balaban J connectivity index is 5.04. The second kappa shape index (κ2) is 16.0. The van der Waals surface area contributed by atoms with Crippen molar-refractivity contribution in [2.24, 2.45) is 0 Å². The summed E-state index contributed by atoms with van der Waals surface area (Å²) in [5.74, 6) is 0. The van der Waals surface area contributed by atoms with Crippen molar-refractivity contribution >= 4 is 0 Å². The summed E-state index contributed by atoms with van der Waals surface area (Å²) in [5, 5.41) is 46.7. The van der Waals surface area contributed by atoms with Gasteiger partial charge in [-0.1, -0.05) is 65.2 Å². The van der Waals surface area contributed by atoms with E-state index < -0.39 is 35.0 Å². The molecule has 0 aromatic rings. The Labute approximate surface area is 167 Å². The minimum Gasteiger partial charge on any atom is -0.567 e. The molecule has 0 aliphatic carbocycles. The van der Waals surface area contributed by atoms with Gasteiger partial charge in [0, 0.05) is 32.4 Å². The van der Waals surface area contributed by atoms with Crippen molar-refractivity contribution in [1.82, 2.24) is 0 Å². The topological polar surface area (TPSA) is 138 Å². The minimum atomic E-state index is -1.09. The first-order chi connectivity index (χ1) is 13.3. The monoisotopic (exact) mass is 404 g/mol. The van der Waals surface area contributed by atoms with E-state index in [-0.39, 0.29) is 22.6 Å². The van der Waals surface area contributed by atoms with E-state index in [0.717, 1.165) is 51.4 Å². The molecule has 0 N–H and O–H groups in total. The van der Waals surface area contributed by atoms with E-state index in [2.05, 4.69) is 13.8 Å². The Morgan fingerprint density at radius 1 is 0.571 bits per heavy atom. The molecule has 10 heteroatoms. The van der Waals surface area contributed by atoms with Crippen molar-refractivity contribution in [3.8, 4) is 0 Å². The summed E-state index contributed by atoms with van der Waals surface area (Å²) in [5.41, 5.74) is 0. The number of nitrogens with zero attached hydrogens (tertiary/aromatic N) is 4. The van der Waals surface area contributed by atoms with Gasteiger partial charge in [-0.15, -0.1) is 0 Å². The van der Waals surface area contributed by atoms with Crippen LogP contribution in [0.3, 0.4) is 0 Å². The fourth-order valence-corrected chi connectivity index (χ4v) is 3.18. The SMILES string of the molecule is CCCCCCCC(C[N+](=O)[O-])/[N+]([O-])=[N+](\[O-])C(CCCCCCC)C[N+](=O)[O-]. The quantitative estimate of drug-likeness (QED) is 0.109. The second-order valence-electron chi connectivity index (χ2n) is 7.35. The van der Waals surface area contributed by atoms with Crippen molar-refractivity contribution in [2.45, 2.75) is 103 Å². The van der Waals surface area contributed by atoms with E-state index >= 15 is 0 Å². The van der Waals surface area contributed by atoms with Gasteiger partial charge < -0.3 is 10.4 Å². The largest absolute Gasteiger partial charge is 0.567 e. The van der Waals surface area contributed by atoms with E-state index in [4.69, 9.17) is 0 Å². The summed E-state index contributed by atoms with van der Waals surface area (Å²) in [7, 11) is 0. The third kappa shape index (κ3) is 12.4. The van der Waals surface area contributed by atoms with Crippen LogP contribution in [0.15, 0.2) is 0 Å². The predicted molar refractivity (Wildman–Crippen MR) is 105 cm³/mol. The summed E-state index contributed by atoms with van der Waals surface area (Å²) >= 11 is 0. The third-order valence-corrected chi connectivity index (χ3v) is 4.82. The molecule has 0 aromatic heterocycles. The summed E-state index contributed by atoms with van der Waals surface area (Å²) in [6, 6.07) is -2.19. The smallest absolute Gasteiger partial charge is 0.292 e. The highest BCUT2D eigenvalue weighted by atomic mass is 16.6. The van der Waals surface area contributed by atoms with Crippen LogP contribution in [0.1, 0.15) is 90.9 Å². The molecule has 0 saturated heterocycles. The molecule has 2 unspecified atom stereocenters. The van der Waals surface area contributed by atoms with Crippen molar-refractivity contribution < 1.29 is 19.6 Å². The summed E-state index contributed by atoms with van der Waals surface area (Å²) in [6.45, 7) is 2.86. The lowest BCUT2D eigenvalue weighted by atomic mass is 10.1. The third-order valence-electron chi connectivity index (χ3n) is 4.82. The summed E-state index contributed by atoms with van der Waals surface area (Å²) in [6.07, 6.45) is 9.53. The number of azo groups is 1. The van der Waals surface area contributed by atoms with Gasteiger partial charge in [0.25, 0.3) is 25.2 Å². The highest BCUT2D eigenvalue weighted by Gasteiger charge is 2.35. The van der Waals surface area contributed by atoms with E-state index in [9.17, 15) is 30.6 Å². The molecule has 0 amide bonds. The average Bonchev–Trinajstić information content (AvgIpc) is 2.64. The van der Waals surface area contributed by atoms with E-state index in [0.29, 0.717) is 12.8 Å². The highest BCUT2D eigenvalue weighted by Crippen LogP contribution is 2.13. The van der Waals surface area contributed by atoms with Crippen molar-refractivity contribution in [3.05, 3.63) is 30.6 Å². The number of hydroxylamine groups is 2. The van der Waals surface area contributed by atoms with Crippen molar-refractivity contribution in [2.75, 3.05) is 13.1 Å². The standard InChI is InChI=1S/C18H36N4O6/c1-3-5-7-9-11-13-17(15-19(23)24)21(27)22(28)18(16-20(25)26)14-12-10-8-6-4-2/h17-18H,3-16H2,1-2H3/b22-21+. The fourth-order valence-electron chi connectivity index (χ4n) is 3.18. The van der Waals surface area contributed by atoms with Crippen LogP contribution >= 0.6 is 0 Å².